The van der Waals surface area contributed by atoms with Crippen molar-refractivity contribution >= 4 is 23.3 Å². The fraction of sp³-hybridized carbons (Fsp3) is 0.211. The molecule has 2 rings (SSSR count). The van der Waals surface area contributed by atoms with Gasteiger partial charge in [0.2, 0.25) is 0 Å². The fourth-order valence-electron chi connectivity index (χ4n) is 2.30. The molecule has 2 aromatic rings. The van der Waals surface area contributed by atoms with E-state index in [0.29, 0.717) is 5.69 Å². The monoisotopic (exact) mass is 383 g/mol. The Morgan fingerprint density at radius 3 is 2.43 bits per heavy atom. The summed E-state index contributed by atoms with van der Waals surface area (Å²) in [5.41, 5.74) is 0.299. The molecule has 0 N–H and O–H groups in total. The number of esters is 1. The Balaban J connectivity index is 1.91. The number of benzene rings is 2. The van der Waals surface area contributed by atoms with Crippen LogP contribution in [0.5, 0.6) is 5.75 Å². The Bertz CT molecular complexity index is 879. The first-order valence-corrected chi connectivity index (χ1v) is 8.27. The van der Waals surface area contributed by atoms with Gasteiger partial charge >= 0.3 is 11.7 Å². The second kappa shape index (κ2) is 10.3. The third-order valence-electron chi connectivity index (χ3n) is 3.58. The minimum absolute atomic E-state index is 0.0734. The van der Waals surface area contributed by atoms with Gasteiger partial charge in [0.05, 0.1) is 17.4 Å². The summed E-state index contributed by atoms with van der Waals surface area (Å²) in [5.74, 6) is -1.42. The molecule has 0 aliphatic rings. The molecule has 0 spiro atoms. The number of nitro benzene ring substituents is 1. The van der Waals surface area contributed by atoms with E-state index in [1.807, 2.05) is 6.07 Å². The number of para-hydroxylation sites is 3. The molecule has 0 bridgehead atoms. The van der Waals surface area contributed by atoms with Crippen molar-refractivity contribution in [1.29, 1.82) is 5.26 Å². The topological polar surface area (TPSA) is 123 Å². The molecule has 0 atom stereocenters. The normalized spacial score (nSPS) is 9.82. The van der Waals surface area contributed by atoms with Crippen molar-refractivity contribution in [2.75, 3.05) is 24.7 Å². The summed E-state index contributed by atoms with van der Waals surface area (Å²) in [5, 5.41) is 19.7. The van der Waals surface area contributed by atoms with Gasteiger partial charge in [-0.2, -0.15) is 5.26 Å². The van der Waals surface area contributed by atoms with Gasteiger partial charge in [-0.1, -0.05) is 30.3 Å². The minimum Gasteiger partial charge on any atom is -0.475 e. The lowest BCUT2D eigenvalue weighted by molar-refractivity contribution is -0.385. The van der Waals surface area contributed by atoms with Crippen LogP contribution >= 0.6 is 0 Å². The van der Waals surface area contributed by atoms with Gasteiger partial charge in [-0.15, -0.1) is 0 Å². The molecule has 0 fully saturated rings. The first-order chi connectivity index (χ1) is 13.5. The lowest BCUT2D eigenvalue weighted by atomic mass is 10.2. The lowest BCUT2D eigenvalue weighted by Gasteiger charge is -2.21. The van der Waals surface area contributed by atoms with Crippen molar-refractivity contribution < 1.29 is 24.0 Å². The highest BCUT2D eigenvalue weighted by Gasteiger charge is 2.19. The zero-order chi connectivity index (χ0) is 20.4. The van der Waals surface area contributed by atoms with E-state index in [1.54, 1.807) is 30.3 Å². The molecule has 144 valence electrons. The molecule has 0 unspecified atom stereocenters. The Morgan fingerprint density at radius 2 is 1.75 bits per heavy atom. The summed E-state index contributed by atoms with van der Waals surface area (Å²) < 4.78 is 10.0. The molecular formula is C19H17N3O6. The second-order valence-corrected chi connectivity index (χ2v) is 5.46. The highest BCUT2D eigenvalue weighted by Crippen LogP contribution is 2.25. The highest BCUT2D eigenvalue weighted by molar-refractivity contribution is 5.95. The average molecular weight is 383 g/mol. The molecule has 28 heavy (non-hydrogen) atoms. The number of amides is 1. The largest absolute Gasteiger partial charge is 0.475 e. The zero-order valence-corrected chi connectivity index (χ0v) is 14.8. The van der Waals surface area contributed by atoms with Gasteiger partial charge in [0.15, 0.2) is 19.0 Å². The van der Waals surface area contributed by atoms with E-state index in [0.717, 1.165) is 0 Å². The van der Waals surface area contributed by atoms with Crippen LogP contribution in [0, 0.1) is 21.4 Å². The molecule has 0 saturated carbocycles. The summed E-state index contributed by atoms with van der Waals surface area (Å²) in [6, 6.07) is 16.3. The number of nitrogens with zero attached hydrogens (tertiary/aromatic N) is 3. The number of hydrogen-bond acceptors (Lipinski definition) is 7. The van der Waals surface area contributed by atoms with E-state index >= 15 is 0 Å². The maximum Gasteiger partial charge on any atom is 0.344 e. The van der Waals surface area contributed by atoms with Crippen LogP contribution in [0.4, 0.5) is 11.4 Å². The van der Waals surface area contributed by atoms with Crippen molar-refractivity contribution in [3.8, 4) is 11.8 Å². The van der Waals surface area contributed by atoms with Gasteiger partial charge in [-0.25, -0.2) is 4.79 Å². The minimum atomic E-state index is -0.847. The second-order valence-electron chi connectivity index (χ2n) is 5.46. The Labute approximate surface area is 160 Å². The third kappa shape index (κ3) is 5.81. The van der Waals surface area contributed by atoms with Gasteiger partial charge in [0.1, 0.15) is 0 Å². The van der Waals surface area contributed by atoms with Gasteiger partial charge in [0.25, 0.3) is 5.91 Å². The Hall–Kier alpha value is -3.93. The molecule has 0 aromatic heterocycles. The highest BCUT2D eigenvalue weighted by atomic mass is 16.6. The summed E-state index contributed by atoms with van der Waals surface area (Å²) in [4.78, 5) is 35.8. The van der Waals surface area contributed by atoms with Gasteiger partial charge in [-0.05, 0) is 18.2 Å². The maximum absolute atomic E-state index is 12.4. The van der Waals surface area contributed by atoms with E-state index in [2.05, 4.69) is 0 Å². The van der Waals surface area contributed by atoms with Crippen molar-refractivity contribution in [2.24, 2.45) is 0 Å². The van der Waals surface area contributed by atoms with E-state index in [1.165, 1.54) is 29.2 Å². The molecule has 0 radical (unpaired) electrons. The first-order valence-electron chi connectivity index (χ1n) is 8.27. The molecule has 0 aliphatic carbocycles. The molecule has 0 aliphatic heterocycles. The van der Waals surface area contributed by atoms with Gasteiger partial charge in [0, 0.05) is 18.3 Å². The number of anilines is 1. The number of carbonyl (C=O) groups excluding carboxylic acids is 2. The fourth-order valence-corrected chi connectivity index (χ4v) is 2.30. The average Bonchev–Trinajstić information content (AvgIpc) is 2.72. The lowest BCUT2D eigenvalue weighted by Crippen LogP contribution is -2.36. The summed E-state index contributed by atoms with van der Waals surface area (Å²) in [7, 11) is 0. The number of ether oxygens (including phenoxy) is 2. The van der Waals surface area contributed by atoms with Crippen molar-refractivity contribution in [1.82, 2.24) is 0 Å². The number of carbonyl (C=O) groups is 2. The summed E-state index contributed by atoms with van der Waals surface area (Å²) in [6.07, 6.45) is 0.120. The molecule has 9 nitrogen and oxygen atoms in total. The van der Waals surface area contributed by atoms with Crippen LogP contribution in [0.1, 0.15) is 6.42 Å². The van der Waals surface area contributed by atoms with Crippen LogP contribution in [0.2, 0.25) is 0 Å². The van der Waals surface area contributed by atoms with Crippen LogP contribution in [0.25, 0.3) is 0 Å². The maximum atomic E-state index is 12.4. The van der Waals surface area contributed by atoms with Crippen LogP contribution in [-0.2, 0) is 14.3 Å². The standard InChI is InChI=1S/C19H17N3O6/c20-11-6-12-21(15-7-2-1-3-8-15)18(23)13-28-19(24)14-27-17-10-5-4-9-16(17)22(25)26/h1-5,7-10H,6,12-14H2. The quantitative estimate of drug-likeness (QED) is 0.370. The molecule has 9 heteroatoms. The summed E-state index contributed by atoms with van der Waals surface area (Å²) in [6.45, 7) is -0.968. The van der Waals surface area contributed by atoms with Crippen molar-refractivity contribution in [3.05, 3.63) is 64.7 Å². The zero-order valence-electron chi connectivity index (χ0n) is 14.8. The first kappa shape index (κ1) is 20.4. The number of nitriles is 1. The summed E-state index contributed by atoms with van der Waals surface area (Å²) >= 11 is 0. The predicted molar refractivity (Wildman–Crippen MR) is 98.6 cm³/mol. The molecule has 1 amide bonds. The van der Waals surface area contributed by atoms with Crippen molar-refractivity contribution in [3.63, 3.8) is 0 Å². The third-order valence-corrected chi connectivity index (χ3v) is 3.58. The number of rotatable bonds is 9. The smallest absolute Gasteiger partial charge is 0.344 e. The van der Waals surface area contributed by atoms with Crippen LogP contribution in [0.15, 0.2) is 54.6 Å². The molecule has 2 aromatic carbocycles. The predicted octanol–water partition coefficient (Wildman–Crippen LogP) is 2.46. The Kier molecular flexibility index (Phi) is 7.48. The van der Waals surface area contributed by atoms with Crippen molar-refractivity contribution in [2.45, 2.75) is 6.42 Å². The number of hydrogen-bond donors (Lipinski definition) is 0. The van der Waals surface area contributed by atoms with E-state index in [-0.39, 0.29) is 24.4 Å². The van der Waals surface area contributed by atoms with Crippen LogP contribution < -0.4 is 9.64 Å². The van der Waals surface area contributed by atoms with E-state index in [9.17, 15) is 19.7 Å². The Morgan fingerprint density at radius 1 is 1.07 bits per heavy atom. The molecular weight excluding hydrogens is 366 g/mol. The molecule has 0 saturated heterocycles. The van der Waals surface area contributed by atoms with Crippen LogP contribution in [-0.4, -0.2) is 36.6 Å². The van der Waals surface area contributed by atoms with E-state index in [4.69, 9.17) is 14.7 Å². The molecule has 0 heterocycles. The van der Waals surface area contributed by atoms with Gasteiger partial charge in [-0.3, -0.25) is 14.9 Å². The van der Waals surface area contributed by atoms with Crippen LogP contribution in [0.3, 0.4) is 0 Å². The number of nitro groups is 1. The van der Waals surface area contributed by atoms with E-state index < -0.39 is 30.0 Å². The van der Waals surface area contributed by atoms with Gasteiger partial charge < -0.3 is 14.4 Å². The SMILES string of the molecule is N#CCCN(C(=O)COC(=O)COc1ccccc1[N+](=O)[O-])c1ccccc1.